The first-order valence-corrected chi connectivity index (χ1v) is 5.62. The fourth-order valence-corrected chi connectivity index (χ4v) is 0.213. The number of aliphatic carboxylic acids is 1. The van der Waals surface area contributed by atoms with Gasteiger partial charge in [0.15, 0.2) is 0 Å². The van der Waals surface area contributed by atoms with Crippen molar-refractivity contribution in [2.75, 3.05) is 19.8 Å². The summed E-state index contributed by atoms with van der Waals surface area (Å²) in [5, 5.41) is 30.6. The van der Waals surface area contributed by atoms with E-state index in [4.69, 9.17) is 20.4 Å². The zero-order valence-electron chi connectivity index (χ0n) is 12.6. The van der Waals surface area contributed by atoms with Crippen LogP contribution >= 0.6 is 0 Å². The van der Waals surface area contributed by atoms with Crippen LogP contribution in [0.1, 0.15) is 41.0 Å². The molecule has 19 heavy (non-hydrogen) atoms. The number of aliphatic hydroxyl groups is 3. The minimum Gasteiger partial charge on any atom is -0.481 e. The van der Waals surface area contributed by atoms with Gasteiger partial charge in [0, 0.05) is 41.5 Å². The van der Waals surface area contributed by atoms with E-state index in [1.54, 1.807) is 27.7 Å². The van der Waals surface area contributed by atoms with E-state index in [0.717, 1.165) is 0 Å². The molecule has 0 amide bonds. The molecule has 0 aromatic carbocycles. The molecular weight excluding hydrogens is 288 g/mol. The van der Waals surface area contributed by atoms with Crippen LogP contribution in [0.5, 0.6) is 0 Å². The van der Waals surface area contributed by atoms with Gasteiger partial charge in [-0.1, -0.05) is 0 Å². The molecule has 0 aromatic heterocycles. The molecule has 0 saturated carbocycles. The largest absolute Gasteiger partial charge is 0.481 e. The SMILES string of the molecule is CC(=O)CC(=O)O.CCO.CCO.CCO.[CH2-]C.[Ti]. The van der Waals surface area contributed by atoms with Crippen LogP contribution in [0.25, 0.3) is 0 Å². The fourth-order valence-electron chi connectivity index (χ4n) is 0.213. The smallest absolute Gasteiger partial charge is 0.310 e. The summed E-state index contributed by atoms with van der Waals surface area (Å²) in [6.07, 6.45) is -0.361. The van der Waals surface area contributed by atoms with Crippen molar-refractivity contribution < 1.29 is 51.7 Å². The maximum atomic E-state index is 9.87. The van der Waals surface area contributed by atoms with E-state index < -0.39 is 5.97 Å². The number of ketones is 1. The number of carbonyl (C=O) groups is 2. The number of Topliss-reactive ketones (excluding diaryl/α,β-unsaturated/α-hetero) is 1. The van der Waals surface area contributed by atoms with Crippen molar-refractivity contribution in [2.24, 2.45) is 0 Å². The van der Waals surface area contributed by atoms with E-state index in [2.05, 4.69) is 6.92 Å². The van der Waals surface area contributed by atoms with Gasteiger partial charge in [0.2, 0.25) is 0 Å². The van der Waals surface area contributed by atoms with Gasteiger partial charge in [-0.05, 0) is 27.7 Å². The Hall–Kier alpha value is -0.266. The summed E-state index contributed by atoms with van der Waals surface area (Å²) in [5.74, 6) is -1.37. The van der Waals surface area contributed by atoms with Crippen molar-refractivity contribution in [2.45, 2.75) is 41.0 Å². The Balaban J connectivity index is -0.0000000303. The second kappa shape index (κ2) is 52.4. The second-order valence-electron chi connectivity index (χ2n) is 2.22. The summed E-state index contributed by atoms with van der Waals surface area (Å²) in [6.45, 7) is 12.0. The number of rotatable bonds is 2. The fraction of sp³-hybridized carbons (Fsp3) is 0.750. The average Bonchev–Trinajstić information content (AvgIpc) is 2.22. The predicted molar refractivity (Wildman–Crippen MR) is 72.2 cm³/mol. The molecule has 7 heteroatoms. The third kappa shape index (κ3) is 315. The predicted octanol–water partition coefficient (Wildman–Crippen LogP) is 0.884. The quantitative estimate of drug-likeness (QED) is 0.341. The van der Waals surface area contributed by atoms with E-state index in [0.29, 0.717) is 0 Å². The van der Waals surface area contributed by atoms with Gasteiger partial charge in [-0.15, -0.1) is 0 Å². The van der Waals surface area contributed by atoms with Crippen LogP contribution in [-0.4, -0.2) is 52.0 Å². The molecule has 0 aliphatic rings. The second-order valence-corrected chi connectivity index (χ2v) is 2.22. The molecule has 0 aliphatic heterocycles. The zero-order valence-corrected chi connectivity index (χ0v) is 14.2. The topological polar surface area (TPSA) is 115 Å². The monoisotopic (exact) mass is 317 g/mol. The maximum Gasteiger partial charge on any atom is 0.310 e. The first kappa shape index (κ1) is 36.3. The van der Waals surface area contributed by atoms with Gasteiger partial charge in [0.05, 0.1) is 0 Å². The molecule has 0 heterocycles. The van der Waals surface area contributed by atoms with Crippen LogP contribution in [0.15, 0.2) is 0 Å². The Morgan fingerprint density at radius 2 is 1.05 bits per heavy atom. The van der Waals surface area contributed by atoms with Crippen molar-refractivity contribution in [1.82, 2.24) is 0 Å². The molecule has 0 unspecified atom stereocenters. The standard InChI is InChI=1S/C4H6O3.3C2H6O.C2H5.Ti/c1-3(5)2-4(6)7;3*1-2-3;1-2;/h2H2,1H3,(H,6,7);3*3H,2H2,1H3;1H2,2H3;/q;;;;-1;. The zero-order chi connectivity index (χ0) is 16.0. The summed E-state index contributed by atoms with van der Waals surface area (Å²) >= 11 is 0. The molecule has 0 radical (unpaired) electrons. The Morgan fingerprint density at radius 1 is 0.895 bits per heavy atom. The third-order valence-electron chi connectivity index (χ3n) is 0.400. The minimum absolute atomic E-state index is 0. The molecule has 0 rings (SSSR count). The first-order valence-electron chi connectivity index (χ1n) is 5.62. The third-order valence-corrected chi connectivity index (χ3v) is 0.400. The van der Waals surface area contributed by atoms with Gasteiger partial charge in [0.1, 0.15) is 12.2 Å². The summed E-state index contributed by atoms with van der Waals surface area (Å²) in [6, 6.07) is 0. The van der Waals surface area contributed by atoms with Gasteiger partial charge in [-0.2, -0.15) is 6.92 Å². The molecule has 0 fully saturated rings. The molecule has 0 aliphatic carbocycles. The molecule has 4 N–H and O–H groups in total. The van der Waals surface area contributed by atoms with Crippen molar-refractivity contribution >= 4 is 11.8 Å². The molecule has 118 valence electrons. The van der Waals surface area contributed by atoms with Crippen LogP contribution in [0.2, 0.25) is 0 Å². The Kier molecular flexibility index (Phi) is 100. The van der Waals surface area contributed by atoms with Gasteiger partial charge in [0.25, 0.3) is 0 Å². The van der Waals surface area contributed by atoms with Crippen molar-refractivity contribution in [3.63, 3.8) is 0 Å². The number of hydrogen-bond donors (Lipinski definition) is 4. The number of carboxylic acids is 1. The molecule has 6 nitrogen and oxygen atoms in total. The van der Waals surface area contributed by atoms with Crippen LogP contribution in [0.4, 0.5) is 0 Å². The Morgan fingerprint density at radius 3 is 1.05 bits per heavy atom. The van der Waals surface area contributed by atoms with Gasteiger partial charge in [-0.3, -0.25) is 9.59 Å². The van der Waals surface area contributed by atoms with E-state index >= 15 is 0 Å². The number of aliphatic hydroxyl groups excluding tert-OH is 3. The van der Waals surface area contributed by atoms with E-state index in [1.807, 2.05) is 0 Å². The van der Waals surface area contributed by atoms with Crippen LogP contribution < -0.4 is 0 Å². The molecule has 0 bridgehead atoms. The summed E-state index contributed by atoms with van der Waals surface area (Å²) in [7, 11) is 0. The van der Waals surface area contributed by atoms with E-state index in [9.17, 15) is 9.59 Å². The van der Waals surface area contributed by atoms with Crippen molar-refractivity contribution in [1.29, 1.82) is 0 Å². The number of hydrogen-bond acceptors (Lipinski definition) is 5. The van der Waals surface area contributed by atoms with Gasteiger partial charge < -0.3 is 27.3 Å². The Bertz CT molecular complexity index is 125. The van der Waals surface area contributed by atoms with Gasteiger partial charge in [-0.25, -0.2) is 0 Å². The maximum absolute atomic E-state index is 9.87. The summed E-state index contributed by atoms with van der Waals surface area (Å²) < 4.78 is 0. The summed E-state index contributed by atoms with van der Waals surface area (Å²) in [5.41, 5.74) is 0. The molecule has 0 aromatic rings. The number of carboxylic acid groups (broad SMARTS) is 1. The van der Waals surface area contributed by atoms with E-state index in [1.165, 1.54) is 6.92 Å². The Labute approximate surface area is 131 Å². The molecule has 0 atom stereocenters. The average molecular weight is 317 g/mol. The normalized spacial score (nSPS) is 6.16. The molecular formula is C12H29O6Ti-. The van der Waals surface area contributed by atoms with Crippen LogP contribution in [-0.2, 0) is 31.3 Å². The van der Waals surface area contributed by atoms with Gasteiger partial charge >= 0.3 is 5.97 Å². The van der Waals surface area contributed by atoms with Crippen LogP contribution in [0, 0.1) is 6.92 Å². The van der Waals surface area contributed by atoms with Crippen molar-refractivity contribution in [3.05, 3.63) is 6.92 Å². The molecule has 0 saturated heterocycles. The summed E-state index contributed by atoms with van der Waals surface area (Å²) in [4.78, 5) is 19.5. The number of carbonyl (C=O) groups excluding carboxylic acids is 1. The minimum atomic E-state index is -1.06. The first-order chi connectivity index (χ1) is 8.37. The van der Waals surface area contributed by atoms with Crippen molar-refractivity contribution in [3.8, 4) is 0 Å². The van der Waals surface area contributed by atoms with E-state index in [-0.39, 0.29) is 53.7 Å². The molecule has 0 spiro atoms. The van der Waals surface area contributed by atoms with Crippen LogP contribution in [0.3, 0.4) is 0 Å².